The number of halogens is 2. The summed E-state index contributed by atoms with van der Waals surface area (Å²) in [4.78, 5) is 0. The highest BCUT2D eigenvalue weighted by Gasteiger charge is 1.85. The van der Waals surface area contributed by atoms with Crippen molar-refractivity contribution in [3.63, 3.8) is 0 Å². The van der Waals surface area contributed by atoms with E-state index in [2.05, 4.69) is 0 Å². The lowest BCUT2D eigenvalue weighted by atomic mass is 10.3. The minimum absolute atomic E-state index is 0. The van der Waals surface area contributed by atoms with Gasteiger partial charge >= 0.3 is 0 Å². The second-order valence-corrected chi connectivity index (χ2v) is 1.63. The SMILES string of the molecule is Cl.Cl.Nc1ccccc1N.O. The molecular formula is C6H12Cl2N2O. The van der Waals surface area contributed by atoms with Crippen molar-refractivity contribution in [2.75, 3.05) is 11.5 Å². The normalized spacial score (nSPS) is 6.55. The first-order valence-corrected chi connectivity index (χ1v) is 2.40. The third-order valence-electron chi connectivity index (χ3n) is 0.996. The van der Waals surface area contributed by atoms with Crippen LogP contribution in [-0.2, 0) is 0 Å². The lowest BCUT2D eigenvalue weighted by molar-refractivity contribution is 0.824. The first kappa shape index (κ1) is 16.8. The van der Waals surface area contributed by atoms with Gasteiger partial charge in [-0.05, 0) is 12.1 Å². The molecule has 0 aliphatic carbocycles. The molecule has 0 saturated heterocycles. The Morgan fingerprint density at radius 2 is 1.09 bits per heavy atom. The number of anilines is 2. The predicted molar refractivity (Wildman–Crippen MR) is 53.4 cm³/mol. The second-order valence-electron chi connectivity index (χ2n) is 1.63. The fraction of sp³-hybridized carbons (Fsp3) is 0. The zero-order valence-electron chi connectivity index (χ0n) is 5.78. The maximum Gasteiger partial charge on any atom is 0.0547 e. The van der Waals surface area contributed by atoms with Gasteiger partial charge in [0, 0.05) is 0 Å². The molecule has 0 heterocycles. The largest absolute Gasteiger partial charge is 0.412 e. The molecule has 11 heavy (non-hydrogen) atoms. The van der Waals surface area contributed by atoms with Crippen molar-refractivity contribution in [1.29, 1.82) is 0 Å². The fourth-order valence-corrected chi connectivity index (χ4v) is 0.511. The Kier molecular flexibility index (Phi) is 11.4. The van der Waals surface area contributed by atoms with Crippen LogP contribution in [0.4, 0.5) is 11.4 Å². The number of benzene rings is 1. The lowest BCUT2D eigenvalue weighted by Gasteiger charge is -1.94. The Labute approximate surface area is 77.9 Å². The smallest absolute Gasteiger partial charge is 0.0547 e. The summed E-state index contributed by atoms with van der Waals surface area (Å²) in [6.45, 7) is 0. The Morgan fingerprint density at radius 3 is 1.27 bits per heavy atom. The van der Waals surface area contributed by atoms with Gasteiger partial charge in [0.2, 0.25) is 0 Å². The number of para-hydroxylation sites is 2. The van der Waals surface area contributed by atoms with Crippen molar-refractivity contribution in [3.05, 3.63) is 24.3 Å². The predicted octanol–water partition coefficient (Wildman–Crippen LogP) is 0.870. The van der Waals surface area contributed by atoms with Crippen LogP contribution in [0.5, 0.6) is 0 Å². The van der Waals surface area contributed by atoms with E-state index in [0.717, 1.165) is 0 Å². The van der Waals surface area contributed by atoms with E-state index in [1.165, 1.54) is 0 Å². The van der Waals surface area contributed by atoms with Crippen molar-refractivity contribution in [2.24, 2.45) is 0 Å². The quantitative estimate of drug-likeness (QED) is 0.607. The molecule has 0 atom stereocenters. The summed E-state index contributed by atoms with van der Waals surface area (Å²) in [7, 11) is 0. The molecule has 1 aromatic rings. The molecule has 1 rings (SSSR count). The molecular weight excluding hydrogens is 187 g/mol. The van der Waals surface area contributed by atoms with Gasteiger partial charge in [-0.2, -0.15) is 0 Å². The minimum Gasteiger partial charge on any atom is -0.412 e. The van der Waals surface area contributed by atoms with E-state index < -0.39 is 0 Å². The van der Waals surface area contributed by atoms with E-state index in [-0.39, 0.29) is 30.3 Å². The third-order valence-corrected chi connectivity index (χ3v) is 0.996. The average Bonchev–Trinajstić information content (AvgIpc) is 1.77. The number of nitrogens with two attached hydrogens (primary N) is 2. The van der Waals surface area contributed by atoms with Gasteiger partial charge in [0.1, 0.15) is 0 Å². The molecule has 0 amide bonds. The lowest BCUT2D eigenvalue weighted by Crippen LogP contribution is -1.91. The highest BCUT2D eigenvalue weighted by atomic mass is 35.5. The van der Waals surface area contributed by atoms with Gasteiger partial charge in [0.25, 0.3) is 0 Å². The van der Waals surface area contributed by atoms with E-state index in [9.17, 15) is 0 Å². The summed E-state index contributed by atoms with van der Waals surface area (Å²) in [5.74, 6) is 0. The summed E-state index contributed by atoms with van der Waals surface area (Å²) in [5, 5.41) is 0. The highest BCUT2D eigenvalue weighted by molar-refractivity contribution is 5.85. The first-order chi connectivity index (χ1) is 3.80. The molecule has 3 nitrogen and oxygen atoms in total. The van der Waals surface area contributed by atoms with Crippen LogP contribution in [-0.4, -0.2) is 5.48 Å². The van der Waals surface area contributed by atoms with Crippen LogP contribution in [0.1, 0.15) is 0 Å². The monoisotopic (exact) mass is 198 g/mol. The van der Waals surface area contributed by atoms with Crippen LogP contribution in [0.3, 0.4) is 0 Å². The Morgan fingerprint density at radius 1 is 0.818 bits per heavy atom. The Balaban J connectivity index is -0.000000213. The number of hydrogen-bond donors (Lipinski definition) is 2. The molecule has 0 aliphatic heterocycles. The molecule has 0 aliphatic rings. The van der Waals surface area contributed by atoms with Gasteiger partial charge in [0.05, 0.1) is 11.4 Å². The van der Waals surface area contributed by atoms with E-state index >= 15 is 0 Å². The Bertz CT molecular complexity index is 175. The van der Waals surface area contributed by atoms with Crippen molar-refractivity contribution in [2.45, 2.75) is 0 Å². The van der Waals surface area contributed by atoms with E-state index in [4.69, 9.17) is 11.5 Å². The molecule has 6 N–H and O–H groups in total. The molecule has 66 valence electrons. The van der Waals surface area contributed by atoms with Crippen molar-refractivity contribution < 1.29 is 5.48 Å². The van der Waals surface area contributed by atoms with Gasteiger partial charge in [-0.1, -0.05) is 12.1 Å². The van der Waals surface area contributed by atoms with Gasteiger partial charge in [0.15, 0.2) is 0 Å². The summed E-state index contributed by atoms with van der Waals surface area (Å²) < 4.78 is 0. The standard InChI is InChI=1S/C6H8N2.2ClH.H2O/c7-5-3-1-2-4-6(5)8;;;/h1-4H,7-8H2;2*1H;1H2. The molecule has 0 fully saturated rings. The maximum absolute atomic E-state index is 5.39. The maximum atomic E-state index is 5.39. The van der Waals surface area contributed by atoms with Crippen LogP contribution in [0.25, 0.3) is 0 Å². The van der Waals surface area contributed by atoms with Gasteiger partial charge in [-0.15, -0.1) is 24.8 Å². The van der Waals surface area contributed by atoms with Gasteiger partial charge < -0.3 is 16.9 Å². The zero-order valence-corrected chi connectivity index (χ0v) is 7.41. The van der Waals surface area contributed by atoms with Crippen LogP contribution in [0.2, 0.25) is 0 Å². The molecule has 5 heteroatoms. The molecule has 0 saturated carbocycles. The number of rotatable bonds is 0. The highest BCUT2D eigenvalue weighted by Crippen LogP contribution is 2.10. The summed E-state index contributed by atoms with van der Waals surface area (Å²) in [5.41, 5.74) is 12.1. The van der Waals surface area contributed by atoms with Crippen LogP contribution < -0.4 is 11.5 Å². The first-order valence-electron chi connectivity index (χ1n) is 2.40. The van der Waals surface area contributed by atoms with Crippen LogP contribution >= 0.6 is 24.8 Å². The Hall–Kier alpha value is -0.640. The van der Waals surface area contributed by atoms with Gasteiger partial charge in [-0.3, -0.25) is 0 Å². The molecule has 0 aromatic heterocycles. The second kappa shape index (κ2) is 7.47. The minimum atomic E-state index is 0. The molecule has 0 bridgehead atoms. The average molecular weight is 199 g/mol. The van der Waals surface area contributed by atoms with Crippen molar-refractivity contribution in [1.82, 2.24) is 0 Å². The summed E-state index contributed by atoms with van der Waals surface area (Å²) in [6.07, 6.45) is 0. The van der Waals surface area contributed by atoms with Gasteiger partial charge in [-0.25, -0.2) is 0 Å². The van der Waals surface area contributed by atoms with Crippen molar-refractivity contribution >= 4 is 36.2 Å². The van der Waals surface area contributed by atoms with Crippen LogP contribution in [0.15, 0.2) is 24.3 Å². The van der Waals surface area contributed by atoms with Crippen molar-refractivity contribution in [3.8, 4) is 0 Å². The fourth-order valence-electron chi connectivity index (χ4n) is 0.511. The number of hydrogen-bond acceptors (Lipinski definition) is 2. The van der Waals surface area contributed by atoms with E-state index in [1.807, 2.05) is 12.1 Å². The zero-order chi connectivity index (χ0) is 5.98. The molecule has 0 spiro atoms. The topological polar surface area (TPSA) is 83.5 Å². The third kappa shape index (κ3) is 4.72. The number of nitrogen functional groups attached to an aromatic ring is 2. The van der Waals surface area contributed by atoms with E-state index in [1.54, 1.807) is 12.1 Å². The van der Waals surface area contributed by atoms with Crippen LogP contribution in [0, 0.1) is 0 Å². The summed E-state index contributed by atoms with van der Waals surface area (Å²) in [6, 6.07) is 7.25. The van der Waals surface area contributed by atoms with E-state index in [0.29, 0.717) is 11.4 Å². The molecule has 1 aromatic carbocycles. The molecule has 0 unspecified atom stereocenters. The molecule has 0 radical (unpaired) electrons. The summed E-state index contributed by atoms with van der Waals surface area (Å²) >= 11 is 0.